The van der Waals surface area contributed by atoms with E-state index >= 15 is 0 Å². The second kappa shape index (κ2) is 6.52. The summed E-state index contributed by atoms with van der Waals surface area (Å²) in [6, 6.07) is 3.96. The number of rotatable bonds is 5. The molecule has 0 aliphatic carbocycles. The molecule has 0 aliphatic heterocycles. The Hall–Kier alpha value is -1.88. The fourth-order valence-corrected chi connectivity index (χ4v) is 1.68. The minimum Gasteiger partial charge on any atom is -0.395 e. The molecular formula is C12H11F5N2O. The summed E-state index contributed by atoms with van der Waals surface area (Å²) in [6.07, 6.45) is -7.40. The van der Waals surface area contributed by atoms with Gasteiger partial charge in [0.2, 0.25) is 0 Å². The minimum atomic E-state index is -4.69. The number of nitriles is 1. The fourth-order valence-electron chi connectivity index (χ4n) is 1.68. The number of anilines is 1. The van der Waals surface area contributed by atoms with Crippen molar-refractivity contribution in [3.63, 3.8) is 0 Å². The Labute approximate surface area is 111 Å². The number of halogens is 5. The van der Waals surface area contributed by atoms with Crippen molar-refractivity contribution in [1.29, 1.82) is 5.26 Å². The van der Waals surface area contributed by atoms with E-state index in [1.807, 2.05) is 0 Å². The lowest BCUT2D eigenvalue weighted by Crippen LogP contribution is -2.31. The molecule has 0 saturated carbocycles. The van der Waals surface area contributed by atoms with Crippen LogP contribution in [-0.4, -0.2) is 31.2 Å². The molecular weight excluding hydrogens is 283 g/mol. The molecule has 0 unspecified atom stereocenters. The molecule has 0 spiro atoms. The number of aliphatic hydroxyl groups is 1. The van der Waals surface area contributed by atoms with Crippen LogP contribution < -0.4 is 4.90 Å². The van der Waals surface area contributed by atoms with E-state index in [4.69, 9.17) is 10.4 Å². The van der Waals surface area contributed by atoms with Gasteiger partial charge in [0.1, 0.15) is 0 Å². The van der Waals surface area contributed by atoms with Gasteiger partial charge in [-0.15, -0.1) is 0 Å². The maximum absolute atomic E-state index is 12.6. The van der Waals surface area contributed by atoms with Crippen molar-refractivity contribution in [3.8, 4) is 6.07 Å². The molecule has 20 heavy (non-hydrogen) atoms. The molecule has 0 aliphatic rings. The molecule has 1 aromatic rings. The highest BCUT2D eigenvalue weighted by Crippen LogP contribution is 2.33. The van der Waals surface area contributed by atoms with Crippen molar-refractivity contribution in [2.75, 3.05) is 24.6 Å². The van der Waals surface area contributed by atoms with Crippen LogP contribution in [0, 0.1) is 11.3 Å². The van der Waals surface area contributed by atoms with Gasteiger partial charge in [-0.3, -0.25) is 0 Å². The Balaban J connectivity index is 3.16. The molecule has 0 heterocycles. The second-order valence-corrected chi connectivity index (χ2v) is 3.90. The Kier molecular flexibility index (Phi) is 5.27. The van der Waals surface area contributed by atoms with Crippen LogP contribution >= 0.6 is 0 Å². The molecule has 3 nitrogen and oxygen atoms in total. The third-order valence-corrected chi connectivity index (χ3v) is 2.52. The highest BCUT2D eigenvalue weighted by atomic mass is 19.4. The molecule has 1 N–H and O–H groups in total. The van der Waals surface area contributed by atoms with Gasteiger partial charge in [-0.05, 0) is 18.2 Å². The van der Waals surface area contributed by atoms with E-state index in [0.717, 1.165) is 17.0 Å². The van der Waals surface area contributed by atoms with E-state index < -0.39 is 36.9 Å². The quantitative estimate of drug-likeness (QED) is 0.849. The van der Waals surface area contributed by atoms with Crippen molar-refractivity contribution < 1.29 is 27.1 Å². The van der Waals surface area contributed by atoms with Gasteiger partial charge in [0.05, 0.1) is 30.3 Å². The van der Waals surface area contributed by atoms with Crippen LogP contribution in [0.5, 0.6) is 0 Å². The molecule has 0 atom stereocenters. The third kappa shape index (κ3) is 4.06. The maximum atomic E-state index is 12.6. The van der Waals surface area contributed by atoms with Crippen molar-refractivity contribution in [2.45, 2.75) is 12.6 Å². The highest BCUT2D eigenvalue weighted by Gasteiger charge is 2.33. The Bertz CT molecular complexity index is 496. The van der Waals surface area contributed by atoms with Crippen LogP contribution in [0.25, 0.3) is 0 Å². The normalized spacial score (nSPS) is 11.5. The lowest BCUT2D eigenvalue weighted by molar-refractivity contribution is -0.137. The lowest BCUT2D eigenvalue weighted by Gasteiger charge is -2.24. The summed E-state index contributed by atoms with van der Waals surface area (Å²) in [5.74, 6) is 0. The number of alkyl halides is 5. The van der Waals surface area contributed by atoms with Gasteiger partial charge >= 0.3 is 6.18 Å². The average Bonchev–Trinajstić information content (AvgIpc) is 2.36. The summed E-state index contributed by atoms with van der Waals surface area (Å²) in [5.41, 5.74) is -1.74. The van der Waals surface area contributed by atoms with Gasteiger partial charge in [-0.25, -0.2) is 8.78 Å². The van der Waals surface area contributed by atoms with Crippen LogP contribution in [0.1, 0.15) is 11.1 Å². The van der Waals surface area contributed by atoms with Crippen LogP contribution in [0.2, 0.25) is 0 Å². The van der Waals surface area contributed by atoms with Crippen molar-refractivity contribution in [3.05, 3.63) is 29.3 Å². The largest absolute Gasteiger partial charge is 0.417 e. The van der Waals surface area contributed by atoms with Crippen molar-refractivity contribution in [1.82, 2.24) is 0 Å². The van der Waals surface area contributed by atoms with Crippen LogP contribution in [0.15, 0.2) is 18.2 Å². The first-order valence-electron chi connectivity index (χ1n) is 5.55. The van der Waals surface area contributed by atoms with Gasteiger partial charge in [0.25, 0.3) is 6.43 Å². The maximum Gasteiger partial charge on any atom is 0.417 e. The smallest absolute Gasteiger partial charge is 0.395 e. The number of hydrogen-bond acceptors (Lipinski definition) is 3. The van der Waals surface area contributed by atoms with Gasteiger partial charge in [0.15, 0.2) is 0 Å². The van der Waals surface area contributed by atoms with Gasteiger partial charge in [-0.2, -0.15) is 18.4 Å². The Morgan fingerprint density at radius 1 is 1.30 bits per heavy atom. The summed E-state index contributed by atoms with van der Waals surface area (Å²) in [5, 5.41) is 17.5. The molecule has 1 rings (SSSR count). The van der Waals surface area contributed by atoms with Crippen LogP contribution in [0.4, 0.5) is 27.6 Å². The molecule has 110 valence electrons. The molecule has 0 aromatic heterocycles. The van der Waals surface area contributed by atoms with Crippen molar-refractivity contribution >= 4 is 5.69 Å². The molecule has 8 heteroatoms. The number of aliphatic hydroxyl groups excluding tert-OH is 1. The first-order valence-corrected chi connectivity index (χ1v) is 5.55. The Morgan fingerprint density at radius 3 is 2.40 bits per heavy atom. The molecule has 0 radical (unpaired) electrons. The van der Waals surface area contributed by atoms with E-state index in [9.17, 15) is 22.0 Å². The van der Waals surface area contributed by atoms with E-state index in [1.54, 1.807) is 0 Å². The summed E-state index contributed by atoms with van der Waals surface area (Å²) in [6.45, 7) is -1.34. The standard InChI is InChI=1S/C12H11F5N2O/c13-11(14)7-19(3-4-20)9-1-2-10(12(15,16)17)8(5-9)6-18/h1-2,5,11,20H,3-4,7H2. The minimum absolute atomic E-state index is 0.0314. The SMILES string of the molecule is N#Cc1cc(N(CCO)CC(F)F)ccc1C(F)(F)F. The highest BCUT2D eigenvalue weighted by molar-refractivity contribution is 5.55. The Morgan fingerprint density at radius 2 is 1.95 bits per heavy atom. The van der Waals surface area contributed by atoms with E-state index in [2.05, 4.69) is 0 Å². The molecule has 0 bridgehead atoms. The molecule has 0 amide bonds. The second-order valence-electron chi connectivity index (χ2n) is 3.90. The third-order valence-electron chi connectivity index (χ3n) is 2.52. The summed E-state index contributed by atoms with van der Waals surface area (Å²) in [7, 11) is 0. The summed E-state index contributed by atoms with van der Waals surface area (Å²) in [4.78, 5) is 1.02. The van der Waals surface area contributed by atoms with Gasteiger partial charge in [0, 0.05) is 12.2 Å². The van der Waals surface area contributed by atoms with E-state index in [0.29, 0.717) is 6.07 Å². The fraction of sp³-hybridized carbons (Fsp3) is 0.417. The summed E-state index contributed by atoms with van der Waals surface area (Å²) < 4.78 is 62.6. The monoisotopic (exact) mass is 294 g/mol. The number of hydrogen-bond donors (Lipinski definition) is 1. The zero-order valence-corrected chi connectivity index (χ0v) is 10.2. The number of benzene rings is 1. The average molecular weight is 294 g/mol. The van der Waals surface area contributed by atoms with Crippen molar-refractivity contribution in [2.24, 2.45) is 0 Å². The van der Waals surface area contributed by atoms with E-state index in [1.165, 1.54) is 6.07 Å². The zero-order chi connectivity index (χ0) is 15.3. The van der Waals surface area contributed by atoms with Crippen LogP contribution in [-0.2, 0) is 6.18 Å². The molecule has 0 saturated heterocycles. The van der Waals surface area contributed by atoms with Gasteiger partial charge < -0.3 is 10.0 Å². The van der Waals surface area contributed by atoms with E-state index in [-0.39, 0.29) is 12.2 Å². The first kappa shape index (κ1) is 16.2. The number of nitrogens with zero attached hydrogens (tertiary/aromatic N) is 2. The first-order chi connectivity index (χ1) is 9.29. The van der Waals surface area contributed by atoms with Gasteiger partial charge in [-0.1, -0.05) is 0 Å². The van der Waals surface area contributed by atoms with Crippen LogP contribution in [0.3, 0.4) is 0 Å². The lowest BCUT2D eigenvalue weighted by atomic mass is 10.1. The predicted molar refractivity (Wildman–Crippen MR) is 61.5 cm³/mol. The molecule has 0 fully saturated rings. The summed E-state index contributed by atoms with van der Waals surface area (Å²) >= 11 is 0. The topological polar surface area (TPSA) is 47.3 Å². The zero-order valence-electron chi connectivity index (χ0n) is 10.2. The molecule has 1 aromatic carbocycles. The predicted octanol–water partition coefficient (Wildman–Crippen LogP) is 2.64.